The Labute approximate surface area is 112 Å². The SMILES string of the molecule is CCC1CCN(CC2CCOC2C)CCC(C)N1. The molecule has 18 heavy (non-hydrogen) atoms. The van der Waals surface area contributed by atoms with Gasteiger partial charge in [-0.15, -0.1) is 0 Å². The summed E-state index contributed by atoms with van der Waals surface area (Å²) in [5.41, 5.74) is 0. The number of nitrogens with zero attached hydrogens (tertiary/aromatic N) is 1. The second-order valence-electron chi connectivity index (χ2n) is 6.18. The molecule has 2 aliphatic rings. The third kappa shape index (κ3) is 3.94. The third-order valence-electron chi connectivity index (χ3n) is 4.71. The van der Waals surface area contributed by atoms with E-state index in [0.29, 0.717) is 18.2 Å². The maximum atomic E-state index is 5.69. The molecule has 0 aromatic heterocycles. The van der Waals surface area contributed by atoms with Gasteiger partial charge >= 0.3 is 0 Å². The summed E-state index contributed by atoms with van der Waals surface area (Å²) in [6.45, 7) is 11.6. The van der Waals surface area contributed by atoms with E-state index >= 15 is 0 Å². The van der Waals surface area contributed by atoms with Crippen molar-refractivity contribution in [3.63, 3.8) is 0 Å². The van der Waals surface area contributed by atoms with Gasteiger partial charge in [0.05, 0.1) is 6.10 Å². The van der Waals surface area contributed by atoms with Gasteiger partial charge < -0.3 is 15.0 Å². The van der Waals surface area contributed by atoms with E-state index in [2.05, 4.69) is 31.0 Å². The zero-order chi connectivity index (χ0) is 13.0. The standard InChI is InChI=1S/C15H30N2O/c1-4-15-6-9-17(8-5-12(2)16-15)11-14-7-10-18-13(14)3/h12-16H,4-11H2,1-3H3. The van der Waals surface area contributed by atoms with Gasteiger partial charge in [0.25, 0.3) is 0 Å². The molecule has 0 bridgehead atoms. The van der Waals surface area contributed by atoms with E-state index in [9.17, 15) is 0 Å². The van der Waals surface area contributed by atoms with E-state index in [4.69, 9.17) is 4.74 Å². The van der Waals surface area contributed by atoms with Gasteiger partial charge in [-0.1, -0.05) is 6.92 Å². The molecule has 0 aliphatic carbocycles. The predicted octanol–water partition coefficient (Wildman–Crippen LogP) is 2.26. The van der Waals surface area contributed by atoms with Gasteiger partial charge in [-0.25, -0.2) is 0 Å². The number of ether oxygens (including phenoxy) is 1. The van der Waals surface area contributed by atoms with Crippen LogP contribution in [0.25, 0.3) is 0 Å². The van der Waals surface area contributed by atoms with Gasteiger partial charge in [-0.05, 0) is 58.5 Å². The van der Waals surface area contributed by atoms with Crippen LogP contribution >= 0.6 is 0 Å². The van der Waals surface area contributed by atoms with E-state index in [1.54, 1.807) is 0 Å². The monoisotopic (exact) mass is 254 g/mol. The first-order chi connectivity index (χ1) is 8.69. The van der Waals surface area contributed by atoms with Gasteiger partial charge in [0.2, 0.25) is 0 Å². The fourth-order valence-electron chi connectivity index (χ4n) is 3.25. The lowest BCUT2D eigenvalue weighted by atomic mass is 10.00. The van der Waals surface area contributed by atoms with Crippen molar-refractivity contribution in [1.29, 1.82) is 0 Å². The van der Waals surface area contributed by atoms with Crippen molar-refractivity contribution < 1.29 is 4.74 Å². The lowest BCUT2D eigenvalue weighted by molar-refractivity contribution is 0.0890. The summed E-state index contributed by atoms with van der Waals surface area (Å²) in [5.74, 6) is 0.757. The summed E-state index contributed by atoms with van der Waals surface area (Å²) in [6.07, 6.45) is 5.54. The van der Waals surface area contributed by atoms with Crippen molar-refractivity contribution in [1.82, 2.24) is 10.2 Å². The second kappa shape index (κ2) is 6.88. The molecule has 3 nitrogen and oxygen atoms in total. The molecule has 2 fully saturated rings. The maximum Gasteiger partial charge on any atom is 0.0588 e. The van der Waals surface area contributed by atoms with Crippen LogP contribution in [0.1, 0.15) is 46.5 Å². The predicted molar refractivity (Wildman–Crippen MR) is 75.9 cm³/mol. The fourth-order valence-corrected chi connectivity index (χ4v) is 3.25. The quantitative estimate of drug-likeness (QED) is 0.836. The van der Waals surface area contributed by atoms with Gasteiger partial charge in [-0.3, -0.25) is 0 Å². The number of nitrogens with one attached hydrogen (secondary N) is 1. The van der Waals surface area contributed by atoms with Crippen LogP contribution in [0.2, 0.25) is 0 Å². The maximum absolute atomic E-state index is 5.69. The lowest BCUT2D eigenvalue weighted by Gasteiger charge is -2.33. The first-order valence-electron chi connectivity index (χ1n) is 7.79. The Morgan fingerprint density at radius 3 is 2.61 bits per heavy atom. The van der Waals surface area contributed by atoms with Crippen LogP contribution in [0.15, 0.2) is 0 Å². The Balaban J connectivity index is 1.83. The van der Waals surface area contributed by atoms with Crippen molar-refractivity contribution in [2.75, 3.05) is 26.2 Å². The Kier molecular flexibility index (Phi) is 5.46. The van der Waals surface area contributed by atoms with Crippen LogP contribution in [-0.4, -0.2) is 49.3 Å². The first-order valence-corrected chi connectivity index (χ1v) is 7.79. The van der Waals surface area contributed by atoms with Gasteiger partial charge in [0.15, 0.2) is 0 Å². The molecule has 1 N–H and O–H groups in total. The minimum atomic E-state index is 0.466. The van der Waals surface area contributed by atoms with Crippen LogP contribution in [0.5, 0.6) is 0 Å². The van der Waals surface area contributed by atoms with E-state index in [1.165, 1.54) is 45.3 Å². The Hall–Kier alpha value is -0.120. The number of hydrogen-bond donors (Lipinski definition) is 1. The summed E-state index contributed by atoms with van der Waals surface area (Å²) < 4.78 is 5.69. The van der Waals surface area contributed by atoms with Crippen LogP contribution in [0, 0.1) is 5.92 Å². The largest absolute Gasteiger partial charge is 0.378 e. The molecule has 0 saturated carbocycles. The van der Waals surface area contributed by atoms with Crippen molar-refractivity contribution in [3.8, 4) is 0 Å². The van der Waals surface area contributed by atoms with E-state index in [-0.39, 0.29) is 0 Å². The molecular weight excluding hydrogens is 224 g/mol. The lowest BCUT2D eigenvalue weighted by Crippen LogP contribution is -2.45. The highest BCUT2D eigenvalue weighted by molar-refractivity contribution is 4.81. The molecule has 0 amide bonds. The smallest absolute Gasteiger partial charge is 0.0588 e. The summed E-state index contributed by atoms with van der Waals surface area (Å²) in [6, 6.07) is 1.37. The Morgan fingerprint density at radius 1 is 1.17 bits per heavy atom. The van der Waals surface area contributed by atoms with Crippen molar-refractivity contribution in [2.45, 2.75) is 64.6 Å². The molecule has 4 unspecified atom stereocenters. The molecule has 3 heteroatoms. The normalized spacial score (nSPS) is 39.5. The van der Waals surface area contributed by atoms with E-state index in [0.717, 1.165) is 12.5 Å². The topological polar surface area (TPSA) is 24.5 Å². The summed E-state index contributed by atoms with van der Waals surface area (Å²) in [7, 11) is 0. The molecule has 0 radical (unpaired) electrons. The fraction of sp³-hybridized carbons (Fsp3) is 1.00. The average Bonchev–Trinajstić information content (AvgIpc) is 2.74. The third-order valence-corrected chi connectivity index (χ3v) is 4.71. The molecule has 2 rings (SSSR count). The van der Waals surface area contributed by atoms with Gasteiger partial charge in [0.1, 0.15) is 0 Å². The molecular formula is C15H30N2O. The van der Waals surface area contributed by atoms with E-state index < -0.39 is 0 Å². The molecule has 2 aliphatic heterocycles. The molecule has 4 atom stereocenters. The summed E-state index contributed by atoms with van der Waals surface area (Å²) >= 11 is 0. The minimum absolute atomic E-state index is 0.466. The molecule has 0 aromatic carbocycles. The molecule has 2 heterocycles. The Morgan fingerprint density at radius 2 is 1.94 bits per heavy atom. The highest BCUT2D eigenvalue weighted by atomic mass is 16.5. The highest BCUT2D eigenvalue weighted by Gasteiger charge is 2.27. The zero-order valence-corrected chi connectivity index (χ0v) is 12.3. The van der Waals surface area contributed by atoms with Gasteiger partial charge in [-0.2, -0.15) is 0 Å². The first kappa shape index (κ1) is 14.3. The highest BCUT2D eigenvalue weighted by Crippen LogP contribution is 2.22. The second-order valence-corrected chi connectivity index (χ2v) is 6.18. The number of hydrogen-bond acceptors (Lipinski definition) is 3. The zero-order valence-electron chi connectivity index (χ0n) is 12.3. The van der Waals surface area contributed by atoms with Crippen LogP contribution in [0.4, 0.5) is 0 Å². The van der Waals surface area contributed by atoms with Crippen LogP contribution in [-0.2, 0) is 4.74 Å². The molecule has 0 spiro atoms. The molecule has 2 saturated heterocycles. The summed E-state index contributed by atoms with van der Waals surface area (Å²) in [5, 5.41) is 3.74. The Bertz CT molecular complexity index is 247. The van der Waals surface area contributed by atoms with Crippen molar-refractivity contribution in [2.24, 2.45) is 5.92 Å². The average molecular weight is 254 g/mol. The minimum Gasteiger partial charge on any atom is -0.378 e. The van der Waals surface area contributed by atoms with Crippen molar-refractivity contribution >= 4 is 0 Å². The van der Waals surface area contributed by atoms with Crippen LogP contribution in [0.3, 0.4) is 0 Å². The van der Waals surface area contributed by atoms with E-state index in [1.807, 2.05) is 0 Å². The van der Waals surface area contributed by atoms with Crippen molar-refractivity contribution in [3.05, 3.63) is 0 Å². The number of rotatable bonds is 3. The van der Waals surface area contributed by atoms with Crippen LogP contribution < -0.4 is 5.32 Å². The molecule has 106 valence electrons. The summed E-state index contributed by atoms with van der Waals surface area (Å²) in [4.78, 5) is 2.68. The van der Waals surface area contributed by atoms with Gasteiger partial charge in [0, 0.05) is 25.2 Å². The molecule has 0 aromatic rings.